The van der Waals surface area contributed by atoms with Crippen LogP contribution in [0.25, 0.3) is 11.1 Å². The molecule has 1 N–H and O–H groups in total. The molecule has 5 rings (SSSR count). The highest BCUT2D eigenvalue weighted by atomic mass is 32.2. The van der Waals surface area contributed by atoms with Gasteiger partial charge in [-0.1, -0.05) is 36.4 Å². The Morgan fingerprint density at radius 1 is 1.00 bits per heavy atom. The van der Waals surface area contributed by atoms with E-state index in [2.05, 4.69) is 10.2 Å². The topological polar surface area (TPSA) is 75.7 Å². The predicted molar refractivity (Wildman–Crippen MR) is 121 cm³/mol. The molecule has 1 amide bonds. The molecule has 6 nitrogen and oxygen atoms in total. The third kappa shape index (κ3) is 4.93. The number of ether oxygens (including phenoxy) is 1. The molecule has 2 aromatic rings. The number of rotatable bonds is 5. The van der Waals surface area contributed by atoms with E-state index in [-0.39, 0.29) is 12.2 Å². The molecule has 0 spiro atoms. The first kappa shape index (κ1) is 21.8. The quantitative estimate of drug-likeness (QED) is 0.762. The van der Waals surface area contributed by atoms with E-state index in [4.69, 9.17) is 4.74 Å². The maximum absolute atomic E-state index is 12.6. The summed E-state index contributed by atoms with van der Waals surface area (Å²) in [5.41, 5.74) is 2.31. The first-order valence-corrected chi connectivity index (χ1v) is 12.6. The SMILES string of the molecule is CC(C)(NC(=O)OC1CN2CCC1CC2)c1ccc(-c2ccc(S(C)(=O)=O)cc2)cc1. The van der Waals surface area contributed by atoms with Crippen LogP contribution >= 0.6 is 0 Å². The molecule has 31 heavy (non-hydrogen) atoms. The second-order valence-electron chi connectivity index (χ2n) is 9.21. The zero-order chi connectivity index (χ0) is 22.2. The highest BCUT2D eigenvalue weighted by Gasteiger charge is 2.37. The third-order valence-corrected chi connectivity index (χ3v) is 7.62. The van der Waals surface area contributed by atoms with Crippen LogP contribution in [0.4, 0.5) is 4.79 Å². The smallest absolute Gasteiger partial charge is 0.408 e. The van der Waals surface area contributed by atoms with E-state index in [0.29, 0.717) is 10.8 Å². The second-order valence-corrected chi connectivity index (χ2v) is 11.2. The summed E-state index contributed by atoms with van der Waals surface area (Å²) in [7, 11) is -3.21. The molecule has 3 aliphatic rings. The van der Waals surface area contributed by atoms with Gasteiger partial charge in [-0.3, -0.25) is 4.90 Å². The van der Waals surface area contributed by atoms with Crippen LogP contribution in [0.3, 0.4) is 0 Å². The first-order chi connectivity index (χ1) is 14.6. The fraction of sp³-hybridized carbons (Fsp3) is 0.458. The summed E-state index contributed by atoms with van der Waals surface area (Å²) in [6.45, 7) is 6.98. The average Bonchev–Trinajstić information content (AvgIpc) is 2.74. The summed E-state index contributed by atoms with van der Waals surface area (Å²) < 4.78 is 29.1. The minimum absolute atomic E-state index is 0.0180. The van der Waals surface area contributed by atoms with E-state index in [9.17, 15) is 13.2 Å². The number of carbonyl (C=O) groups is 1. The van der Waals surface area contributed by atoms with Gasteiger partial charge in [0, 0.05) is 12.8 Å². The lowest BCUT2D eigenvalue weighted by atomic mass is 9.86. The van der Waals surface area contributed by atoms with Crippen LogP contribution in [0.5, 0.6) is 0 Å². The molecule has 3 saturated heterocycles. The number of piperidine rings is 3. The van der Waals surface area contributed by atoms with Crippen LogP contribution in [-0.4, -0.2) is 51.4 Å². The molecule has 2 bridgehead atoms. The van der Waals surface area contributed by atoms with Gasteiger partial charge in [0.25, 0.3) is 0 Å². The minimum Gasteiger partial charge on any atom is -0.445 e. The van der Waals surface area contributed by atoms with Crippen LogP contribution in [-0.2, 0) is 20.1 Å². The number of sulfone groups is 1. The third-order valence-electron chi connectivity index (χ3n) is 6.49. The molecule has 0 aliphatic carbocycles. The predicted octanol–water partition coefficient (Wildman–Crippen LogP) is 3.81. The van der Waals surface area contributed by atoms with Crippen molar-refractivity contribution >= 4 is 15.9 Å². The summed E-state index contributed by atoms with van der Waals surface area (Å²) in [6.07, 6.45) is 3.02. The van der Waals surface area contributed by atoms with Crippen LogP contribution in [0.1, 0.15) is 32.3 Å². The van der Waals surface area contributed by atoms with Crippen molar-refractivity contribution in [2.45, 2.75) is 43.2 Å². The Kier molecular flexibility index (Phi) is 5.83. The zero-order valence-electron chi connectivity index (χ0n) is 18.3. The van der Waals surface area contributed by atoms with Crippen molar-refractivity contribution in [3.63, 3.8) is 0 Å². The number of nitrogens with one attached hydrogen (secondary N) is 1. The van der Waals surface area contributed by atoms with E-state index in [1.165, 1.54) is 6.26 Å². The second kappa shape index (κ2) is 8.28. The van der Waals surface area contributed by atoms with E-state index in [1.807, 2.05) is 38.1 Å². The summed E-state index contributed by atoms with van der Waals surface area (Å²) >= 11 is 0. The van der Waals surface area contributed by atoms with Gasteiger partial charge in [0.2, 0.25) is 0 Å². The van der Waals surface area contributed by atoms with Gasteiger partial charge in [0.1, 0.15) is 6.10 Å². The van der Waals surface area contributed by atoms with E-state index in [0.717, 1.165) is 49.2 Å². The molecule has 1 atom stereocenters. The Morgan fingerprint density at radius 2 is 1.55 bits per heavy atom. The van der Waals surface area contributed by atoms with Crippen molar-refractivity contribution in [3.8, 4) is 11.1 Å². The Bertz CT molecular complexity index is 1040. The zero-order valence-corrected chi connectivity index (χ0v) is 19.1. The number of benzene rings is 2. The van der Waals surface area contributed by atoms with Crippen molar-refractivity contribution in [2.75, 3.05) is 25.9 Å². The van der Waals surface area contributed by atoms with E-state index < -0.39 is 15.4 Å². The molecular formula is C24H30N2O4S. The first-order valence-electron chi connectivity index (χ1n) is 10.7. The normalized spacial score (nSPS) is 23.4. The number of fused-ring (bicyclic) bond motifs is 3. The highest BCUT2D eigenvalue weighted by molar-refractivity contribution is 7.90. The largest absolute Gasteiger partial charge is 0.445 e. The van der Waals surface area contributed by atoms with Gasteiger partial charge in [0.05, 0.1) is 10.4 Å². The molecule has 0 aromatic heterocycles. The van der Waals surface area contributed by atoms with Crippen LogP contribution in [0, 0.1) is 5.92 Å². The van der Waals surface area contributed by atoms with Gasteiger partial charge in [0.15, 0.2) is 9.84 Å². The van der Waals surface area contributed by atoms with Gasteiger partial charge in [-0.15, -0.1) is 0 Å². The van der Waals surface area contributed by atoms with Gasteiger partial charge in [-0.25, -0.2) is 13.2 Å². The molecule has 3 aliphatic heterocycles. The highest BCUT2D eigenvalue weighted by Crippen LogP contribution is 2.30. The van der Waals surface area contributed by atoms with Crippen molar-refractivity contribution < 1.29 is 17.9 Å². The number of hydrogen-bond donors (Lipinski definition) is 1. The number of amides is 1. The molecule has 0 radical (unpaired) electrons. The van der Waals surface area contributed by atoms with Gasteiger partial charge < -0.3 is 10.1 Å². The summed E-state index contributed by atoms with van der Waals surface area (Å²) in [5.74, 6) is 0.479. The van der Waals surface area contributed by atoms with Crippen molar-refractivity contribution in [3.05, 3.63) is 54.1 Å². The van der Waals surface area contributed by atoms with Gasteiger partial charge >= 0.3 is 6.09 Å². The van der Waals surface area contributed by atoms with E-state index in [1.54, 1.807) is 24.3 Å². The van der Waals surface area contributed by atoms with Crippen molar-refractivity contribution in [1.82, 2.24) is 10.2 Å². The Hall–Kier alpha value is -2.38. The number of alkyl carbamates (subject to hydrolysis) is 1. The number of hydrogen-bond acceptors (Lipinski definition) is 5. The van der Waals surface area contributed by atoms with E-state index >= 15 is 0 Å². The lowest BCUT2D eigenvalue weighted by Gasteiger charge is -2.44. The summed E-state index contributed by atoms with van der Waals surface area (Å²) in [4.78, 5) is 15.2. The summed E-state index contributed by atoms with van der Waals surface area (Å²) in [5, 5.41) is 3.02. The molecule has 0 saturated carbocycles. The average molecular weight is 443 g/mol. The standard InChI is InChI=1S/C24H30N2O4S/c1-24(2,25-23(27)30-22-16-26-14-12-19(22)13-15-26)20-8-4-17(5-9-20)18-6-10-21(11-7-18)31(3,28)29/h4-11,19,22H,12-16H2,1-3H3,(H,25,27). The fourth-order valence-corrected chi connectivity index (χ4v) is 5.14. The lowest BCUT2D eigenvalue weighted by molar-refractivity contribution is -0.0349. The lowest BCUT2D eigenvalue weighted by Crippen LogP contribution is -2.53. The molecule has 3 fully saturated rings. The van der Waals surface area contributed by atoms with Gasteiger partial charge in [-0.2, -0.15) is 0 Å². The Balaban J connectivity index is 1.41. The molecule has 166 valence electrons. The molecule has 2 aromatic carbocycles. The minimum atomic E-state index is -3.21. The molecule has 1 unspecified atom stereocenters. The van der Waals surface area contributed by atoms with Crippen LogP contribution in [0.15, 0.2) is 53.4 Å². The molecule has 7 heteroatoms. The van der Waals surface area contributed by atoms with Crippen molar-refractivity contribution in [2.24, 2.45) is 5.92 Å². The maximum atomic E-state index is 12.6. The maximum Gasteiger partial charge on any atom is 0.408 e. The number of nitrogens with zero attached hydrogens (tertiary/aromatic N) is 1. The monoisotopic (exact) mass is 442 g/mol. The van der Waals surface area contributed by atoms with Crippen LogP contribution in [0.2, 0.25) is 0 Å². The van der Waals surface area contributed by atoms with Crippen molar-refractivity contribution in [1.29, 1.82) is 0 Å². The van der Waals surface area contributed by atoms with Gasteiger partial charge in [-0.05, 0) is 74.5 Å². The number of carbonyl (C=O) groups excluding carboxylic acids is 1. The Labute approximate surface area is 184 Å². The Morgan fingerprint density at radius 3 is 2.03 bits per heavy atom. The molecular weight excluding hydrogens is 412 g/mol. The molecule has 3 heterocycles. The van der Waals surface area contributed by atoms with Crippen LogP contribution < -0.4 is 5.32 Å². The fourth-order valence-electron chi connectivity index (χ4n) is 4.51. The summed E-state index contributed by atoms with van der Waals surface area (Å²) in [6, 6.07) is 14.8.